The lowest BCUT2D eigenvalue weighted by Gasteiger charge is -2.31. The predicted molar refractivity (Wildman–Crippen MR) is 91.8 cm³/mol. The largest absolute Gasteiger partial charge is 0.747 e. The summed E-state index contributed by atoms with van der Waals surface area (Å²) in [5, 5.41) is -0.840. The molecule has 0 aliphatic rings. The average Bonchev–Trinajstić information content (AvgIpc) is 2.90. The van der Waals surface area contributed by atoms with Crippen LogP contribution in [0.2, 0.25) is 0 Å². The number of aryl methyl sites for hydroxylation is 2. The molecule has 23 heavy (non-hydrogen) atoms. The van der Waals surface area contributed by atoms with Gasteiger partial charge in [-0.15, -0.1) is 0 Å². The first-order valence-corrected chi connectivity index (χ1v) is 9.96. The minimum atomic E-state index is -4.17. The molecule has 0 saturated heterocycles. The van der Waals surface area contributed by atoms with E-state index < -0.39 is 15.5 Å². The van der Waals surface area contributed by atoms with Crippen LogP contribution in [-0.4, -0.2) is 40.9 Å². The summed E-state index contributed by atoms with van der Waals surface area (Å²) in [5.74, 6) is 0. The van der Waals surface area contributed by atoms with E-state index >= 15 is 0 Å². The fraction of sp³-hybridized carbons (Fsp3) is 0.812. The zero-order valence-corrected chi connectivity index (χ0v) is 16.1. The van der Waals surface area contributed by atoms with Gasteiger partial charge in [-0.2, -0.15) is 0 Å². The van der Waals surface area contributed by atoms with Gasteiger partial charge in [-0.3, -0.25) is 4.90 Å². The van der Waals surface area contributed by atoms with Crippen LogP contribution >= 0.6 is 0 Å². The van der Waals surface area contributed by atoms with E-state index in [0.29, 0.717) is 25.9 Å². The molecule has 1 aromatic rings. The first kappa shape index (κ1) is 22.1. The predicted octanol–water partition coefficient (Wildman–Crippen LogP) is 2.11. The molecule has 6 nitrogen and oxygen atoms in total. The van der Waals surface area contributed by atoms with E-state index in [9.17, 15) is 13.0 Å². The van der Waals surface area contributed by atoms with Gasteiger partial charge in [-0.05, 0) is 25.9 Å². The van der Waals surface area contributed by atoms with Gasteiger partial charge in [0.1, 0.15) is 27.9 Å². The van der Waals surface area contributed by atoms with Gasteiger partial charge >= 0.3 is 0 Å². The highest BCUT2D eigenvalue weighted by molar-refractivity contribution is 7.86. The lowest BCUT2D eigenvalue weighted by Crippen LogP contribution is -2.40. The van der Waals surface area contributed by atoms with E-state index in [0.717, 1.165) is 6.54 Å². The molecule has 0 aliphatic heterocycles. The second-order valence-corrected chi connectivity index (χ2v) is 7.16. The van der Waals surface area contributed by atoms with Crippen LogP contribution in [0, 0.1) is 0 Å². The standard InChI is InChI=1S/C8H15N2.C8H19NO3S/c1-3-4-5-10-7-6-9(2)8-10;1-4-7-8(13(10,11)12)9(5-2)6-3/h6-8H,3-5H2,1-2H3;8H,4-7H2,1-3H3,(H,10,11,12)/q+1;/p-1. The number of hydrogen-bond acceptors (Lipinski definition) is 4. The third-order valence-electron chi connectivity index (χ3n) is 3.68. The Labute approximate surface area is 141 Å². The normalized spacial score (nSPS) is 12.8. The van der Waals surface area contributed by atoms with Crippen LogP contribution in [0.15, 0.2) is 18.7 Å². The fourth-order valence-corrected chi connectivity index (χ4v) is 3.55. The van der Waals surface area contributed by atoms with E-state index in [1.54, 1.807) is 4.90 Å². The third kappa shape index (κ3) is 9.07. The molecule has 0 aromatic carbocycles. The van der Waals surface area contributed by atoms with Gasteiger partial charge in [0.15, 0.2) is 0 Å². The summed E-state index contributed by atoms with van der Waals surface area (Å²) in [6.45, 7) is 10.2. The number of unbranched alkanes of at least 4 members (excludes halogenated alkanes) is 1. The van der Waals surface area contributed by atoms with E-state index in [-0.39, 0.29) is 0 Å². The van der Waals surface area contributed by atoms with Crippen LogP contribution in [0.4, 0.5) is 0 Å². The topological polar surface area (TPSA) is 69.2 Å². The first-order chi connectivity index (χ1) is 10.8. The van der Waals surface area contributed by atoms with Gasteiger partial charge in [0.05, 0.1) is 13.6 Å². The second-order valence-electron chi connectivity index (χ2n) is 5.63. The van der Waals surface area contributed by atoms with Crippen molar-refractivity contribution < 1.29 is 17.5 Å². The second kappa shape index (κ2) is 11.6. The highest BCUT2D eigenvalue weighted by atomic mass is 32.2. The van der Waals surface area contributed by atoms with Crippen molar-refractivity contribution in [3.8, 4) is 0 Å². The Morgan fingerprint density at radius 3 is 2.13 bits per heavy atom. The van der Waals surface area contributed by atoms with E-state index in [1.807, 2.05) is 27.8 Å². The number of rotatable bonds is 9. The van der Waals surface area contributed by atoms with Crippen LogP contribution in [0.5, 0.6) is 0 Å². The van der Waals surface area contributed by atoms with Gasteiger partial charge < -0.3 is 4.55 Å². The molecule has 136 valence electrons. The summed E-state index contributed by atoms with van der Waals surface area (Å²) in [6, 6.07) is 0. The third-order valence-corrected chi connectivity index (χ3v) is 4.88. The van der Waals surface area contributed by atoms with Crippen LogP contribution in [-0.2, 0) is 23.7 Å². The molecular formula is C16H33N3O3S. The first-order valence-electron chi connectivity index (χ1n) is 8.49. The molecule has 0 amide bonds. The minimum absolute atomic E-state index is 0.424. The number of aromatic nitrogens is 2. The van der Waals surface area contributed by atoms with Gasteiger partial charge in [-0.1, -0.05) is 40.5 Å². The molecule has 1 unspecified atom stereocenters. The highest BCUT2D eigenvalue weighted by Gasteiger charge is 2.20. The van der Waals surface area contributed by atoms with Gasteiger partial charge in [-0.25, -0.2) is 17.6 Å². The Morgan fingerprint density at radius 2 is 1.78 bits per heavy atom. The summed E-state index contributed by atoms with van der Waals surface area (Å²) in [5.41, 5.74) is 0. The summed E-state index contributed by atoms with van der Waals surface area (Å²) in [6.07, 6.45) is 9.95. The van der Waals surface area contributed by atoms with Crippen LogP contribution in [0.1, 0.15) is 53.4 Å². The molecule has 0 bridgehead atoms. The Balaban J connectivity index is 0.000000433. The van der Waals surface area contributed by atoms with Crippen molar-refractivity contribution >= 4 is 10.1 Å². The summed E-state index contributed by atoms with van der Waals surface area (Å²) < 4.78 is 36.9. The SMILES string of the molecule is CCCC(N(CC)CC)S(=O)(=O)[O-].CCCC[n+]1ccn(C)c1. The van der Waals surface area contributed by atoms with Crippen molar-refractivity contribution in [2.75, 3.05) is 13.1 Å². The monoisotopic (exact) mass is 347 g/mol. The maximum Gasteiger partial charge on any atom is 0.243 e. The van der Waals surface area contributed by atoms with Gasteiger partial charge in [0, 0.05) is 0 Å². The summed E-state index contributed by atoms with van der Waals surface area (Å²) in [4.78, 5) is 1.69. The molecule has 0 saturated carbocycles. The Morgan fingerprint density at radius 1 is 1.17 bits per heavy atom. The minimum Gasteiger partial charge on any atom is -0.747 e. The molecule has 0 fully saturated rings. The van der Waals surface area contributed by atoms with Crippen molar-refractivity contribution in [3.63, 3.8) is 0 Å². The molecule has 7 heteroatoms. The maximum absolute atomic E-state index is 10.9. The number of imidazole rings is 1. The highest BCUT2D eigenvalue weighted by Crippen LogP contribution is 2.12. The van der Waals surface area contributed by atoms with Crippen LogP contribution in [0.3, 0.4) is 0 Å². The van der Waals surface area contributed by atoms with Crippen molar-refractivity contribution in [1.29, 1.82) is 0 Å². The number of hydrogen-bond donors (Lipinski definition) is 0. The fourth-order valence-electron chi connectivity index (χ4n) is 2.36. The smallest absolute Gasteiger partial charge is 0.243 e. The molecule has 1 heterocycles. The molecular weight excluding hydrogens is 314 g/mol. The quantitative estimate of drug-likeness (QED) is 0.507. The molecule has 0 N–H and O–H groups in total. The van der Waals surface area contributed by atoms with E-state index in [4.69, 9.17) is 0 Å². The zero-order chi connectivity index (χ0) is 17.9. The Hall–Kier alpha value is -0.920. The van der Waals surface area contributed by atoms with E-state index in [2.05, 4.69) is 34.8 Å². The molecule has 1 rings (SSSR count). The van der Waals surface area contributed by atoms with Crippen molar-refractivity contribution in [2.24, 2.45) is 7.05 Å². The van der Waals surface area contributed by atoms with Crippen LogP contribution in [0.25, 0.3) is 0 Å². The summed E-state index contributed by atoms with van der Waals surface area (Å²) >= 11 is 0. The van der Waals surface area contributed by atoms with Crippen molar-refractivity contribution in [2.45, 2.75) is 65.3 Å². The van der Waals surface area contributed by atoms with E-state index in [1.165, 1.54) is 12.8 Å². The van der Waals surface area contributed by atoms with Gasteiger partial charge in [0.2, 0.25) is 6.33 Å². The van der Waals surface area contributed by atoms with Crippen molar-refractivity contribution in [1.82, 2.24) is 9.47 Å². The molecule has 1 aromatic heterocycles. The maximum atomic E-state index is 10.9. The lowest BCUT2D eigenvalue weighted by molar-refractivity contribution is -0.696. The lowest BCUT2D eigenvalue weighted by atomic mass is 10.3. The van der Waals surface area contributed by atoms with Crippen LogP contribution < -0.4 is 4.57 Å². The number of nitrogens with zero attached hydrogens (tertiary/aromatic N) is 3. The zero-order valence-electron chi connectivity index (χ0n) is 15.2. The molecule has 0 aliphatic carbocycles. The average molecular weight is 348 g/mol. The molecule has 0 radical (unpaired) electrons. The molecule has 1 atom stereocenters. The van der Waals surface area contributed by atoms with Gasteiger partial charge in [0.25, 0.3) is 0 Å². The molecule has 0 spiro atoms. The Bertz CT molecular complexity index is 510. The van der Waals surface area contributed by atoms with Crippen molar-refractivity contribution in [3.05, 3.63) is 18.7 Å². The summed E-state index contributed by atoms with van der Waals surface area (Å²) in [7, 11) is -2.13. The Kier molecular flexibility index (Phi) is 11.1.